The van der Waals surface area contributed by atoms with Gasteiger partial charge in [-0.15, -0.1) is 0 Å². The molecular formula is C24H26N2O5. The molecular weight excluding hydrogens is 396 g/mol. The number of fused-ring (bicyclic) bond motifs is 1. The van der Waals surface area contributed by atoms with Crippen LogP contribution < -0.4 is 9.80 Å². The van der Waals surface area contributed by atoms with E-state index in [1.807, 2.05) is 26.0 Å². The lowest BCUT2D eigenvalue weighted by Crippen LogP contribution is -2.50. The average Bonchev–Trinajstić information content (AvgIpc) is 2.75. The van der Waals surface area contributed by atoms with Crippen molar-refractivity contribution in [3.8, 4) is 0 Å². The van der Waals surface area contributed by atoms with Crippen LogP contribution in [0.4, 0.5) is 11.4 Å². The Morgan fingerprint density at radius 1 is 0.968 bits per heavy atom. The van der Waals surface area contributed by atoms with Crippen LogP contribution in [-0.2, 0) is 19.1 Å². The molecule has 7 heteroatoms. The summed E-state index contributed by atoms with van der Waals surface area (Å²) in [7, 11) is 0. The molecule has 1 aliphatic rings. The Morgan fingerprint density at radius 3 is 2.26 bits per heavy atom. The SMILES string of the molecule is CCOC(=O)CN1C(=O)CN(C(=O)CCC(=O)c2ccccc2)c2cc(C)c(C)cc21. The van der Waals surface area contributed by atoms with E-state index in [-0.39, 0.29) is 50.1 Å². The molecule has 0 saturated carbocycles. The van der Waals surface area contributed by atoms with Crippen LogP contribution in [0.2, 0.25) is 0 Å². The number of esters is 1. The van der Waals surface area contributed by atoms with E-state index >= 15 is 0 Å². The van der Waals surface area contributed by atoms with Gasteiger partial charge in [-0.1, -0.05) is 30.3 Å². The molecule has 162 valence electrons. The summed E-state index contributed by atoms with van der Waals surface area (Å²) in [5, 5.41) is 0. The Balaban J connectivity index is 1.83. The lowest BCUT2D eigenvalue weighted by molar-refractivity contribution is -0.142. The van der Waals surface area contributed by atoms with Gasteiger partial charge in [-0.2, -0.15) is 0 Å². The lowest BCUT2D eigenvalue weighted by atomic mass is 10.0. The third-order valence-corrected chi connectivity index (χ3v) is 5.32. The van der Waals surface area contributed by atoms with Crippen molar-refractivity contribution in [3.63, 3.8) is 0 Å². The van der Waals surface area contributed by atoms with Crippen LogP contribution >= 0.6 is 0 Å². The second kappa shape index (κ2) is 9.55. The Hall–Kier alpha value is -3.48. The maximum atomic E-state index is 13.0. The van der Waals surface area contributed by atoms with E-state index in [1.165, 1.54) is 9.80 Å². The van der Waals surface area contributed by atoms with Crippen LogP contribution in [0.15, 0.2) is 42.5 Å². The monoisotopic (exact) mass is 422 g/mol. The number of amides is 2. The molecule has 0 aliphatic carbocycles. The Bertz CT molecular complexity index is 1020. The number of hydrogen-bond donors (Lipinski definition) is 0. The maximum Gasteiger partial charge on any atom is 0.326 e. The van der Waals surface area contributed by atoms with Gasteiger partial charge in [-0.25, -0.2) is 0 Å². The van der Waals surface area contributed by atoms with E-state index < -0.39 is 5.97 Å². The first-order valence-electron chi connectivity index (χ1n) is 10.3. The van der Waals surface area contributed by atoms with Crippen molar-refractivity contribution in [2.24, 2.45) is 0 Å². The zero-order valence-corrected chi connectivity index (χ0v) is 18.0. The van der Waals surface area contributed by atoms with Crippen molar-refractivity contribution >= 4 is 34.9 Å². The summed E-state index contributed by atoms with van der Waals surface area (Å²) in [5.41, 5.74) is 3.51. The number of ether oxygens (including phenoxy) is 1. The highest BCUT2D eigenvalue weighted by molar-refractivity contribution is 6.13. The summed E-state index contributed by atoms with van der Waals surface area (Å²) >= 11 is 0. The van der Waals surface area contributed by atoms with E-state index in [0.717, 1.165) is 11.1 Å². The first-order chi connectivity index (χ1) is 14.8. The number of hydrogen-bond acceptors (Lipinski definition) is 5. The number of rotatable bonds is 7. The summed E-state index contributed by atoms with van der Waals surface area (Å²) in [5.74, 6) is -1.31. The van der Waals surface area contributed by atoms with Crippen molar-refractivity contribution in [1.29, 1.82) is 0 Å². The fraction of sp³-hybridized carbons (Fsp3) is 0.333. The van der Waals surface area contributed by atoms with Gasteiger partial charge < -0.3 is 9.64 Å². The van der Waals surface area contributed by atoms with Crippen LogP contribution in [0.5, 0.6) is 0 Å². The highest BCUT2D eigenvalue weighted by atomic mass is 16.5. The minimum atomic E-state index is -0.506. The Kier molecular flexibility index (Phi) is 6.84. The molecule has 0 radical (unpaired) electrons. The second-order valence-electron chi connectivity index (χ2n) is 7.48. The van der Waals surface area contributed by atoms with Gasteiger partial charge in [0.25, 0.3) is 0 Å². The molecule has 0 saturated heterocycles. The van der Waals surface area contributed by atoms with E-state index in [1.54, 1.807) is 37.3 Å². The quantitative estimate of drug-likeness (QED) is 0.505. The number of ketones is 1. The first-order valence-corrected chi connectivity index (χ1v) is 10.3. The Labute approximate surface area is 181 Å². The number of carbonyl (C=O) groups excluding carboxylic acids is 4. The van der Waals surface area contributed by atoms with Crippen LogP contribution in [-0.4, -0.2) is 43.3 Å². The largest absolute Gasteiger partial charge is 0.465 e. The second-order valence-corrected chi connectivity index (χ2v) is 7.48. The molecule has 2 amide bonds. The summed E-state index contributed by atoms with van der Waals surface area (Å²) in [6, 6.07) is 12.4. The van der Waals surface area contributed by atoms with Gasteiger partial charge >= 0.3 is 5.97 Å². The zero-order chi connectivity index (χ0) is 22.5. The average molecular weight is 422 g/mol. The number of benzene rings is 2. The van der Waals surface area contributed by atoms with Gasteiger partial charge in [0.05, 0.1) is 18.0 Å². The molecule has 0 atom stereocenters. The fourth-order valence-corrected chi connectivity index (χ4v) is 3.51. The minimum Gasteiger partial charge on any atom is -0.465 e. The molecule has 0 spiro atoms. The maximum absolute atomic E-state index is 13.0. The molecule has 0 fully saturated rings. The fourth-order valence-electron chi connectivity index (χ4n) is 3.51. The van der Waals surface area contributed by atoms with Crippen molar-refractivity contribution in [2.75, 3.05) is 29.5 Å². The molecule has 1 heterocycles. The minimum absolute atomic E-state index is 0.00868. The normalized spacial score (nSPS) is 13.1. The van der Waals surface area contributed by atoms with E-state index in [9.17, 15) is 19.2 Å². The smallest absolute Gasteiger partial charge is 0.326 e. The van der Waals surface area contributed by atoms with Crippen molar-refractivity contribution < 1.29 is 23.9 Å². The van der Waals surface area contributed by atoms with Gasteiger partial charge in [0.2, 0.25) is 11.8 Å². The molecule has 0 bridgehead atoms. The van der Waals surface area contributed by atoms with Crippen molar-refractivity contribution in [2.45, 2.75) is 33.6 Å². The standard InChI is InChI=1S/C24H26N2O5/c1-4-31-24(30)15-26-20-13-17(3)16(2)12-19(20)25(14-23(26)29)22(28)11-10-21(27)18-8-6-5-7-9-18/h5-9,12-13H,4,10-11,14-15H2,1-3H3. The number of aryl methyl sites for hydroxylation is 2. The van der Waals surface area contributed by atoms with Crippen LogP contribution in [0.25, 0.3) is 0 Å². The van der Waals surface area contributed by atoms with Crippen LogP contribution in [0.3, 0.4) is 0 Å². The summed E-state index contributed by atoms with van der Waals surface area (Å²) in [6.45, 7) is 5.35. The molecule has 0 unspecified atom stereocenters. The molecule has 0 N–H and O–H groups in total. The molecule has 2 aromatic rings. The first kappa shape index (κ1) is 22.2. The van der Waals surface area contributed by atoms with Crippen LogP contribution in [0.1, 0.15) is 41.3 Å². The van der Waals surface area contributed by atoms with E-state index in [4.69, 9.17) is 4.74 Å². The van der Waals surface area contributed by atoms with Gasteiger partial charge in [0.15, 0.2) is 5.78 Å². The molecule has 2 aromatic carbocycles. The molecule has 3 rings (SSSR count). The number of nitrogens with zero attached hydrogens (tertiary/aromatic N) is 2. The van der Waals surface area contributed by atoms with Crippen LogP contribution in [0, 0.1) is 13.8 Å². The van der Waals surface area contributed by atoms with Gasteiger partial charge in [-0.05, 0) is 44.0 Å². The summed E-state index contributed by atoms with van der Waals surface area (Å²) in [6.07, 6.45) is 0.0471. The predicted octanol–water partition coefficient (Wildman–Crippen LogP) is 3.21. The molecule has 31 heavy (non-hydrogen) atoms. The highest BCUT2D eigenvalue weighted by Crippen LogP contribution is 2.36. The summed E-state index contributed by atoms with van der Waals surface area (Å²) < 4.78 is 4.99. The highest BCUT2D eigenvalue weighted by Gasteiger charge is 2.34. The topological polar surface area (TPSA) is 84.0 Å². The third-order valence-electron chi connectivity index (χ3n) is 5.32. The number of carbonyl (C=O) groups is 4. The number of anilines is 2. The van der Waals surface area contributed by atoms with Crippen molar-refractivity contribution in [1.82, 2.24) is 0 Å². The van der Waals surface area contributed by atoms with E-state index in [2.05, 4.69) is 0 Å². The molecule has 0 aromatic heterocycles. The number of Topliss-reactive ketones (excluding diaryl/α,β-unsaturated/α-hetero) is 1. The van der Waals surface area contributed by atoms with E-state index in [0.29, 0.717) is 16.9 Å². The van der Waals surface area contributed by atoms with Gasteiger partial charge in [-0.3, -0.25) is 24.1 Å². The molecule has 7 nitrogen and oxygen atoms in total. The van der Waals surface area contributed by atoms with Gasteiger partial charge in [0.1, 0.15) is 13.1 Å². The predicted molar refractivity (Wildman–Crippen MR) is 117 cm³/mol. The third kappa shape index (κ3) is 4.99. The Morgan fingerprint density at radius 2 is 1.61 bits per heavy atom. The zero-order valence-electron chi connectivity index (χ0n) is 18.0. The van der Waals surface area contributed by atoms with Gasteiger partial charge in [0, 0.05) is 18.4 Å². The summed E-state index contributed by atoms with van der Waals surface area (Å²) in [4.78, 5) is 53.0. The lowest BCUT2D eigenvalue weighted by Gasteiger charge is -2.36. The molecule has 1 aliphatic heterocycles. The van der Waals surface area contributed by atoms with Crippen molar-refractivity contribution in [3.05, 3.63) is 59.2 Å².